The lowest BCUT2D eigenvalue weighted by Crippen LogP contribution is -2.51. The molecule has 0 aromatic carbocycles. The smallest absolute Gasteiger partial charge is 0.326 e. The first-order valence-electron chi connectivity index (χ1n) is 13.9. The van der Waals surface area contributed by atoms with Gasteiger partial charge in [-0.3, -0.25) is 14.4 Å². The van der Waals surface area contributed by atoms with E-state index < -0.39 is 17.9 Å². The third-order valence-electron chi connectivity index (χ3n) is 10.5. The number of hydrogen-bond acceptors (Lipinski definition) is 5. The Morgan fingerprint density at radius 3 is 2.53 bits per heavy atom. The molecule has 0 bridgehead atoms. The first-order valence-corrected chi connectivity index (χ1v) is 13.9. The largest absolute Gasteiger partial charge is 0.480 e. The van der Waals surface area contributed by atoms with Gasteiger partial charge in [0, 0.05) is 18.3 Å². The summed E-state index contributed by atoms with van der Waals surface area (Å²) in [7, 11) is 0. The van der Waals surface area contributed by atoms with Gasteiger partial charge in [0.15, 0.2) is 5.78 Å². The maximum absolute atomic E-state index is 12.7. The number of carboxylic acids is 1. The number of ketones is 1. The van der Waals surface area contributed by atoms with Crippen LogP contribution in [0, 0.1) is 34.5 Å². The molecule has 200 valence electrons. The van der Waals surface area contributed by atoms with Crippen molar-refractivity contribution in [2.75, 3.05) is 0 Å². The number of aliphatic carboxylic acids is 1. The summed E-state index contributed by atoms with van der Waals surface area (Å²) in [5.74, 6) is -0.0631. The van der Waals surface area contributed by atoms with Crippen LogP contribution in [0.3, 0.4) is 0 Å². The Bertz CT molecular complexity index is 942. The molecule has 36 heavy (non-hydrogen) atoms. The summed E-state index contributed by atoms with van der Waals surface area (Å²) in [5, 5.41) is 11.9. The molecule has 0 radical (unpaired) electrons. The van der Waals surface area contributed by atoms with Crippen LogP contribution in [-0.4, -0.2) is 40.9 Å². The van der Waals surface area contributed by atoms with Gasteiger partial charge in [-0.2, -0.15) is 0 Å². The molecule has 4 aliphatic rings. The Balaban J connectivity index is 1.34. The van der Waals surface area contributed by atoms with Crippen molar-refractivity contribution in [3.63, 3.8) is 0 Å². The number of fused-ring (bicyclic) bond motifs is 5. The average molecular weight is 502 g/mol. The fourth-order valence-corrected chi connectivity index (χ4v) is 8.07. The number of esters is 1. The van der Waals surface area contributed by atoms with Gasteiger partial charge in [-0.1, -0.05) is 39.7 Å². The van der Waals surface area contributed by atoms with Gasteiger partial charge in [-0.25, -0.2) is 4.79 Å². The minimum absolute atomic E-state index is 0.0395. The summed E-state index contributed by atoms with van der Waals surface area (Å²) in [6.07, 6.45) is 10.1. The first kappa shape index (κ1) is 26.9. The lowest BCUT2D eigenvalue weighted by molar-refractivity contribution is -0.160. The van der Waals surface area contributed by atoms with Crippen LogP contribution in [-0.2, 0) is 23.9 Å². The fourth-order valence-electron chi connectivity index (χ4n) is 8.07. The standard InChI is InChI=1S/C29H43NO6/c1-5-17(2)26(27(34)35)30-24(32)10-11-25(33)36-23-9-8-21-20-7-6-18-16-19(31)12-14-28(18,3)22(20)13-15-29(21,23)4/h16-17,20-23,26H,5-15H2,1-4H3,(H,30,32)(H,34,35)/t17?,20?,21?,22?,23?,26?,28-,29-/m0/s1. The summed E-state index contributed by atoms with van der Waals surface area (Å²) < 4.78 is 5.99. The highest BCUT2D eigenvalue weighted by Crippen LogP contribution is 2.65. The van der Waals surface area contributed by atoms with Crippen molar-refractivity contribution in [2.45, 2.75) is 110 Å². The van der Waals surface area contributed by atoms with E-state index in [1.807, 2.05) is 13.0 Å². The molecule has 3 saturated carbocycles. The molecule has 2 N–H and O–H groups in total. The first-order chi connectivity index (χ1) is 17.0. The molecule has 7 nitrogen and oxygen atoms in total. The zero-order chi connectivity index (χ0) is 26.3. The van der Waals surface area contributed by atoms with E-state index in [2.05, 4.69) is 19.2 Å². The van der Waals surface area contributed by atoms with E-state index >= 15 is 0 Å². The van der Waals surface area contributed by atoms with Crippen molar-refractivity contribution >= 4 is 23.6 Å². The fraction of sp³-hybridized carbons (Fsp3) is 0.793. The Morgan fingerprint density at radius 1 is 1.08 bits per heavy atom. The van der Waals surface area contributed by atoms with Crippen molar-refractivity contribution in [1.82, 2.24) is 5.32 Å². The predicted octanol–water partition coefficient (Wildman–Crippen LogP) is 4.83. The molecule has 0 spiro atoms. The highest BCUT2D eigenvalue weighted by Gasteiger charge is 2.59. The predicted molar refractivity (Wildman–Crippen MR) is 135 cm³/mol. The van der Waals surface area contributed by atoms with Crippen molar-refractivity contribution in [3.05, 3.63) is 11.6 Å². The van der Waals surface area contributed by atoms with Gasteiger partial charge in [0.05, 0.1) is 6.42 Å². The summed E-state index contributed by atoms with van der Waals surface area (Å²) in [6.45, 7) is 8.33. The van der Waals surface area contributed by atoms with E-state index in [-0.39, 0.29) is 47.4 Å². The Hall–Kier alpha value is -2.18. The van der Waals surface area contributed by atoms with Gasteiger partial charge in [-0.15, -0.1) is 0 Å². The number of ether oxygens (including phenoxy) is 1. The van der Waals surface area contributed by atoms with Crippen molar-refractivity contribution in [2.24, 2.45) is 34.5 Å². The maximum atomic E-state index is 12.7. The van der Waals surface area contributed by atoms with Gasteiger partial charge in [0.25, 0.3) is 0 Å². The van der Waals surface area contributed by atoms with Gasteiger partial charge in [0.2, 0.25) is 5.91 Å². The summed E-state index contributed by atoms with van der Waals surface area (Å²) in [5.41, 5.74) is 1.44. The van der Waals surface area contributed by atoms with Gasteiger partial charge in [0.1, 0.15) is 12.1 Å². The van der Waals surface area contributed by atoms with Gasteiger partial charge in [-0.05, 0) is 80.1 Å². The minimum atomic E-state index is -1.06. The second kappa shape index (κ2) is 10.3. The van der Waals surface area contributed by atoms with E-state index in [0.29, 0.717) is 30.6 Å². The van der Waals surface area contributed by atoms with Crippen LogP contribution in [0.5, 0.6) is 0 Å². The van der Waals surface area contributed by atoms with Crippen molar-refractivity contribution in [3.8, 4) is 0 Å². The van der Waals surface area contributed by atoms with Crippen molar-refractivity contribution < 1.29 is 29.0 Å². The monoisotopic (exact) mass is 501 g/mol. The average Bonchev–Trinajstić information content (AvgIpc) is 3.17. The second-order valence-corrected chi connectivity index (χ2v) is 12.3. The molecule has 0 aromatic heterocycles. The topological polar surface area (TPSA) is 110 Å². The third kappa shape index (κ3) is 4.87. The molecule has 0 aliphatic heterocycles. The molecule has 4 aliphatic carbocycles. The van der Waals surface area contributed by atoms with E-state index in [9.17, 15) is 24.3 Å². The molecule has 8 atom stereocenters. The molecule has 1 amide bonds. The van der Waals surface area contributed by atoms with Crippen molar-refractivity contribution in [1.29, 1.82) is 0 Å². The van der Waals surface area contributed by atoms with E-state index in [4.69, 9.17) is 4.74 Å². The summed E-state index contributed by atoms with van der Waals surface area (Å²) in [6, 6.07) is -0.946. The number of carboxylic acid groups (broad SMARTS) is 1. The third-order valence-corrected chi connectivity index (χ3v) is 10.5. The SMILES string of the molecule is CCC(C)C(NC(=O)CCC(=O)OC1CCC2C3CCC4=CC(=O)CC[C@]4(C)C3CC[C@]12C)C(=O)O. The number of amides is 1. The molecule has 7 heteroatoms. The highest BCUT2D eigenvalue weighted by molar-refractivity contribution is 5.91. The van der Waals surface area contributed by atoms with Gasteiger partial charge < -0.3 is 15.2 Å². The second-order valence-electron chi connectivity index (χ2n) is 12.3. The number of nitrogens with one attached hydrogen (secondary N) is 1. The number of carbonyl (C=O) groups is 4. The zero-order valence-electron chi connectivity index (χ0n) is 22.3. The number of allylic oxidation sites excluding steroid dienone is 1. The molecular weight excluding hydrogens is 458 g/mol. The van der Waals surface area contributed by atoms with Crippen LogP contribution in [0.15, 0.2) is 11.6 Å². The zero-order valence-corrected chi connectivity index (χ0v) is 22.3. The number of rotatable bonds is 8. The van der Waals surface area contributed by atoms with E-state index in [1.165, 1.54) is 5.57 Å². The van der Waals surface area contributed by atoms with Gasteiger partial charge >= 0.3 is 11.9 Å². The molecule has 0 saturated heterocycles. The summed E-state index contributed by atoms with van der Waals surface area (Å²) in [4.78, 5) is 48.6. The maximum Gasteiger partial charge on any atom is 0.326 e. The summed E-state index contributed by atoms with van der Waals surface area (Å²) >= 11 is 0. The van der Waals surface area contributed by atoms with Crippen LogP contribution in [0.25, 0.3) is 0 Å². The molecule has 3 fully saturated rings. The Labute approximate surface area is 214 Å². The molecule has 4 rings (SSSR count). The molecular formula is C29H43NO6. The molecule has 0 heterocycles. The lowest BCUT2D eigenvalue weighted by atomic mass is 9.47. The highest BCUT2D eigenvalue weighted by atomic mass is 16.5. The van der Waals surface area contributed by atoms with Crippen LogP contribution in [0.2, 0.25) is 0 Å². The molecule has 0 aromatic rings. The normalized spacial score (nSPS) is 37.0. The quantitative estimate of drug-likeness (QED) is 0.461. The van der Waals surface area contributed by atoms with E-state index in [1.54, 1.807) is 6.92 Å². The Morgan fingerprint density at radius 2 is 1.83 bits per heavy atom. The minimum Gasteiger partial charge on any atom is -0.480 e. The Kier molecular flexibility index (Phi) is 7.68. The number of carbonyl (C=O) groups excluding carboxylic acids is 3. The van der Waals surface area contributed by atoms with Crippen LogP contribution >= 0.6 is 0 Å². The van der Waals surface area contributed by atoms with E-state index in [0.717, 1.165) is 44.9 Å². The van der Waals surface area contributed by atoms with Crippen LogP contribution in [0.4, 0.5) is 0 Å². The lowest BCUT2D eigenvalue weighted by Gasteiger charge is -2.57. The number of hydrogen-bond donors (Lipinski definition) is 2. The molecule has 6 unspecified atom stereocenters. The van der Waals surface area contributed by atoms with Crippen LogP contribution < -0.4 is 5.32 Å². The van der Waals surface area contributed by atoms with Crippen LogP contribution in [0.1, 0.15) is 98.3 Å².